The molecule has 0 saturated carbocycles. The fraction of sp³-hybridized carbons (Fsp3) is 0.833. The van der Waals surface area contributed by atoms with Crippen molar-refractivity contribution in [2.24, 2.45) is 0 Å². The summed E-state index contributed by atoms with van der Waals surface area (Å²) < 4.78 is 22.6. The first-order chi connectivity index (χ1) is 9.23. The summed E-state index contributed by atoms with van der Waals surface area (Å²) in [5.41, 5.74) is 0. The lowest BCUT2D eigenvalue weighted by atomic mass is 10.2. The number of rotatable bonds is 7. The number of hydrogen-bond acceptors (Lipinski definition) is 5. The van der Waals surface area contributed by atoms with E-state index in [9.17, 15) is 18.0 Å². The van der Waals surface area contributed by atoms with Crippen LogP contribution in [0.1, 0.15) is 26.7 Å². The van der Waals surface area contributed by atoms with Crippen LogP contribution >= 0.6 is 0 Å². The van der Waals surface area contributed by atoms with E-state index in [4.69, 9.17) is 5.11 Å². The van der Waals surface area contributed by atoms with Crippen LogP contribution in [-0.2, 0) is 19.4 Å². The fourth-order valence-corrected chi connectivity index (χ4v) is 3.84. The molecule has 20 heavy (non-hydrogen) atoms. The van der Waals surface area contributed by atoms with Crippen LogP contribution in [0.5, 0.6) is 0 Å². The van der Waals surface area contributed by atoms with E-state index < -0.39 is 15.8 Å². The lowest BCUT2D eigenvalue weighted by Crippen LogP contribution is -2.46. The van der Waals surface area contributed by atoms with Gasteiger partial charge in [0.1, 0.15) is 0 Å². The highest BCUT2D eigenvalue weighted by atomic mass is 32.2. The van der Waals surface area contributed by atoms with Crippen LogP contribution in [0.15, 0.2) is 0 Å². The number of carbonyl (C=O) groups excluding carboxylic acids is 1. The highest BCUT2D eigenvalue weighted by molar-refractivity contribution is 7.91. The summed E-state index contributed by atoms with van der Waals surface area (Å²) in [5, 5.41) is 11.5. The van der Waals surface area contributed by atoms with Crippen molar-refractivity contribution in [1.29, 1.82) is 0 Å². The van der Waals surface area contributed by atoms with E-state index in [0.717, 1.165) is 6.42 Å². The van der Waals surface area contributed by atoms with Crippen LogP contribution in [0.2, 0.25) is 0 Å². The van der Waals surface area contributed by atoms with E-state index in [-0.39, 0.29) is 42.6 Å². The average Bonchev–Trinajstić information content (AvgIpc) is 2.66. The van der Waals surface area contributed by atoms with Crippen molar-refractivity contribution in [1.82, 2.24) is 10.2 Å². The Bertz CT molecular complexity index is 462. The van der Waals surface area contributed by atoms with Crippen LogP contribution in [0.25, 0.3) is 0 Å². The van der Waals surface area contributed by atoms with Crippen molar-refractivity contribution in [3.05, 3.63) is 0 Å². The maximum atomic E-state index is 11.9. The van der Waals surface area contributed by atoms with E-state index in [0.29, 0.717) is 6.42 Å². The quantitative estimate of drug-likeness (QED) is 0.655. The van der Waals surface area contributed by atoms with Crippen LogP contribution in [0, 0.1) is 0 Å². The van der Waals surface area contributed by atoms with Crippen molar-refractivity contribution >= 4 is 21.7 Å². The zero-order chi connectivity index (χ0) is 15.3. The first-order valence-corrected chi connectivity index (χ1v) is 8.51. The normalized spacial score (nSPS) is 22.6. The van der Waals surface area contributed by atoms with E-state index in [1.165, 1.54) is 0 Å². The Labute approximate surface area is 119 Å². The first-order valence-electron chi connectivity index (χ1n) is 6.69. The molecule has 0 aliphatic carbocycles. The molecule has 0 bridgehead atoms. The molecule has 7 nitrogen and oxygen atoms in total. The maximum Gasteiger partial charge on any atom is 0.317 e. The number of carbonyl (C=O) groups is 2. The minimum Gasteiger partial charge on any atom is -0.480 e. The minimum absolute atomic E-state index is 0.0239. The van der Waals surface area contributed by atoms with E-state index in [1.807, 2.05) is 13.8 Å². The van der Waals surface area contributed by atoms with Gasteiger partial charge in [-0.05, 0) is 19.8 Å². The predicted molar refractivity (Wildman–Crippen MR) is 74.2 cm³/mol. The van der Waals surface area contributed by atoms with Crippen LogP contribution in [0.3, 0.4) is 0 Å². The maximum absolute atomic E-state index is 11.9. The fourth-order valence-electron chi connectivity index (χ4n) is 2.17. The average molecular weight is 306 g/mol. The second-order valence-corrected chi connectivity index (χ2v) is 7.45. The van der Waals surface area contributed by atoms with Gasteiger partial charge in [0.25, 0.3) is 0 Å². The van der Waals surface area contributed by atoms with Gasteiger partial charge >= 0.3 is 5.97 Å². The Hall–Kier alpha value is -1.15. The molecule has 1 amide bonds. The number of amides is 1. The number of carboxylic acid groups (broad SMARTS) is 1. The molecule has 0 aromatic carbocycles. The zero-order valence-corrected chi connectivity index (χ0v) is 12.6. The van der Waals surface area contributed by atoms with Gasteiger partial charge < -0.3 is 10.4 Å². The van der Waals surface area contributed by atoms with Gasteiger partial charge in [-0.25, -0.2) is 8.42 Å². The Morgan fingerprint density at radius 3 is 2.50 bits per heavy atom. The summed E-state index contributed by atoms with van der Waals surface area (Å²) in [6, 6.07) is -0.375. The largest absolute Gasteiger partial charge is 0.480 e. The van der Waals surface area contributed by atoms with Gasteiger partial charge in [0.15, 0.2) is 9.84 Å². The number of sulfone groups is 1. The molecule has 0 spiro atoms. The number of hydrogen-bond donors (Lipinski definition) is 2. The molecule has 1 fully saturated rings. The van der Waals surface area contributed by atoms with Gasteiger partial charge in [-0.2, -0.15) is 0 Å². The molecule has 0 aromatic heterocycles. The number of aliphatic carboxylic acids is 1. The Morgan fingerprint density at radius 1 is 1.40 bits per heavy atom. The summed E-state index contributed by atoms with van der Waals surface area (Å²) in [4.78, 5) is 24.2. The standard InChI is InChI=1S/C12H22N2O5S/c1-3-9(2)14(7-12(16)17)6-11(15)13-10-4-5-20(18,19)8-10/h9-10H,3-8H2,1-2H3,(H,13,15)(H,16,17). The number of nitrogens with zero attached hydrogens (tertiary/aromatic N) is 1. The monoisotopic (exact) mass is 306 g/mol. The molecule has 116 valence electrons. The molecule has 0 radical (unpaired) electrons. The first kappa shape index (κ1) is 16.9. The number of carboxylic acids is 1. The van der Waals surface area contributed by atoms with Gasteiger partial charge in [0, 0.05) is 12.1 Å². The lowest BCUT2D eigenvalue weighted by Gasteiger charge is -2.26. The number of nitrogens with one attached hydrogen (secondary N) is 1. The van der Waals surface area contributed by atoms with E-state index >= 15 is 0 Å². The second-order valence-electron chi connectivity index (χ2n) is 5.22. The molecule has 1 aliphatic heterocycles. The van der Waals surface area contributed by atoms with Crippen LogP contribution in [0.4, 0.5) is 0 Å². The third-order valence-electron chi connectivity index (χ3n) is 3.50. The molecule has 1 saturated heterocycles. The molecule has 1 heterocycles. The summed E-state index contributed by atoms with van der Waals surface area (Å²) in [6.45, 7) is 3.54. The smallest absolute Gasteiger partial charge is 0.317 e. The summed E-state index contributed by atoms with van der Waals surface area (Å²) in [7, 11) is -3.03. The molecular weight excluding hydrogens is 284 g/mol. The van der Waals surface area contributed by atoms with Crippen LogP contribution < -0.4 is 5.32 Å². The topological polar surface area (TPSA) is 104 Å². The molecule has 2 N–H and O–H groups in total. The van der Waals surface area contributed by atoms with Crippen molar-refractivity contribution in [2.45, 2.75) is 38.8 Å². The summed E-state index contributed by atoms with van der Waals surface area (Å²) in [5.74, 6) is -1.24. The van der Waals surface area contributed by atoms with Crippen molar-refractivity contribution < 1.29 is 23.1 Å². The zero-order valence-electron chi connectivity index (χ0n) is 11.8. The Morgan fingerprint density at radius 2 is 2.05 bits per heavy atom. The molecule has 1 rings (SSSR count). The van der Waals surface area contributed by atoms with Crippen molar-refractivity contribution in [3.8, 4) is 0 Å². The minimum atomic E-state index is -3.03. The SMILES string of the molecule is CCC(C)N(CC(=O)O)CC(=O)NC1CCS(=O)(=O)C1. The van der Waals surface area contributed by atoms with Gasteiger partial charge in [-0.15, -0.1) is 0 Å². The van der Waals surface area contributed by atoms with Crippen LogP contribution in [-0.4, -0.2) is 67.0 Å². The van der Waals surface area contributed by atoms with E-state index in [1.54, 1.807) is 4.90 Å². The van der Waals surface area contributed by atoms with Gasteiger partial charge in [-0.3, -0.25) is 14.5 Å². The third-order valence-corrected chi connectivity index (χ3v) is 5.26. The highest BCUT2D eigenvalue weighted by Gasteiger charge is 2.29. The Kier molecular flexibility index (Phi) is 5.94. The van der Waals surface area contributed by atoms with Crippen molar-refractivity contribution in [2.75, 3.05) is 24.6 Å². The van der Waals surface area contributed by atoms with Gasteiger partial charge in [0.05, 0.1) is 24.6 Å². The van der Waals surface area contributed by atoms with E-state index in [2.05, 4.69) is 5.32 Å². The second kappa shape index (κ2) is 7.03. The molecule has 1 aliphatic rings. The van der Waals surface area contributed by atoms with Gasteiger partial charge in [0.2, 0.25) is 5.91 Å². The Balaban J connectivity index is 2.51. The molecule has 0 aromatic rings. The van der Waals surface area contributed by atoms with Gasteiger partial charge in [-0.1, -0.05) is 6.92 Å². The third kappa shape index (κ3) is 5.46. The summed E-state index contributed by atoms with van der Waals surface area (Å²) in [6.07, 6.45) is 1.16. The molecular formula is C12H22N2O5S. The molecule has 8 heteroatoms. The highest BCUT2D eigenvalue weighted by Crippen LogP contribution is 2.11. The molecule has 2 unspecified atom stereocenters. The summed E-state index contributed by atoms with van der Waals surface area (Å²) >= 11 is 0. The lowest BCUT2D eigenvalue weighted by molar-refractivity contribution is -0.139. The molecule has 2 atom stereocenters. The predicted octanol–water partition coefficient (Wildman–Crippen LogP) is -0.525. The van der Waals surface area contributed by atoms with Crippen molar-refractivity contribution in [3.63, 3.8) is 0 Å².